The highest BCUT2D eigenvalue weighted by molar-refractivity contribution is 6.31. The number of piperazine rings is 1. The zero-order valence-electron chi connectivity index (χ0n) is 17.3. The minimum absolute atomic E-state index is 0.0174. The van der Waals surface area contributed by atoms with E-state index in [1.165, 1.54) is 6.07 Å². The number of nitrogens with one attached hydrogen (secondary N) is 1. The number of ether oxygens (including phenoxy) is 1. The van der Waals surface area contributed by atoms with E-state index in [1.54, 1.807) is 24.0 Å². The second-order valence-electron chi connectivity index (χ2n) is 7.00. The molecule has 2 amide bonds. The first-order valence-electron chi connectivity index (χ1n) is 9.73. The third kappa shape index (κ3) is 4.45. The lowest BCUT2D eigenvalue weighted by Gasteiger charge is -2.37. The van der Waals surface area contributed by atoms with Gasteiger partial charge in [-0.1, -0.05) is 18.5 Å². The monoisotopic (exact) mass is 473 g/mol. The maximum absolute atomic E-state index is 14.3. The Bertz CT molecular complexity index is 1030. The van der Waals surface area contributed by atoms with Crippen LogP contribution < -0.4 is 15.0 Å². The van der Waals surface area contributed by atoms with Crippen LogP contribution in [0.3, 0.4) is 0 Å². The SMILES string of the molecule is CCC(=O)N1CCN(c2ccc(Cl)cc2NC(=O)c2c(F)c(F)c(OC)c(F)c2F)CC1. The second-order valence-corrected chi connectivity index (χ2v) is 7.44. The molecule has 172 valence electrons. The third-order valence-corrected chi connectivity index (χ3v) is 5.37. The van der Waals surface area contributed by atoms with Gasteiger partial charge in [0.05, 0.1) is 18.5 Å². The number of carbonyl (C=O) groups is 2. The molecule has 2 aromatic carbocycles. The van der Waals surface area contributed by atoms with Crippen LogP contribution in [0.15, 0.2) is 18.2 Å². The van der Waals surface area contributed by atoms with Gasteiger partial charge in [0.25, 0.3) is 5.91 Å². The van der Waals surface area contributed by atoms with E-state index in [4.69, 9.17) is 11.6 Å². The number of anilines is 2. The molecule has 1 aliphatic heterocycles. The molecular formula is C21H20ClF4N3O3. The van der Waals surface area contributed by atoms with Crippen LogP contribution in [0.1, 0.15) is 23.7 Å². The van der Waals surface area contributed by atoms with Crippen LogP contribution in [-0.2, 0) is 4.79 Å². The van der Waals surface area contributed by atoms with Crippen molar-refractivity contribution in [3.63, 3.8) is 0 Å². The molecule has 0 aliphatic carbocycles. The van der Waals surface area contributed by atoms with E-state index in [-0.39, 0.29) is 16.6 Å². The average molecular weight is 474 g/mol. The summed E-state index contributed by atoms with van der Waals surface area (Å²) in [5.41, 5.74) is -0.861. The molecule has 0 spiro atoms. The Hall–Kier alpha value is -3.01. The van der Waals surface area contributed by atoms with Crippen molar-refractivity contribution in [2.45, 2.75) is 13.3 Å². The van der Waals surface area contributed by atoms with Gasteiger partial charge in [-0.2, -0.15) is 8.78 Å². The number of hydrogen-bond acceptors (Lipinski definition) is 4. The summed E-state index contributed by atoms with van der Waals surface area (Å²) in [6, 6.07) is 4.51. The number of benzene rings is 2. The molecule has 0 aromatic heterocycles. The Kier molecular flexibility index (Phi) is 7.12. The van der Waals surface area contributed by atoms with Crippen molar-refractivity contribution in [2.24, 2.45) is 0 Å². The maximum atomic E-state index is 14.3. The molecule has 0 atom stereocenters. The first-order valence-corrected chi connectivity index (χ1v) is 10.1. The summed E-state index contributed by atoms with van der Waals surface area (Å²) >= 11 is 6.01. The van der Waals surface area contributed by atoms with Crippen molar-refractivity contribution in [1.29, 1.82) is 0 Å². The van der Waals surface area contributed by atoms with Gasteiger partial charge < -0.3 is 19.9 Å². The van der Waals surface area contributed by atoms with Crippen LogP contribution in [0, 0.1) is 23.3 Å². The highest BCUT2D eigenvalue weighted by Crippen LogP contribution is 2.33. The lowest BCUT2D eigenvalue weighted by molar-refractivity contribution is -0.131. The maximum Gasteiger partial charge on any atom is 0.261 e. The molecule has 6 nitrogen and oxygen atoms in total. The fourth-order valence-electron chi connectivity index (χ4n) is 3.48. The normalized spacial score (nSPS) is 13.8. The zero-order valence-corrected chi connectivity index (χ0v) is 18.0. The summed E-state index contributed by atoms with van der Waals surface area (Å²) in [6.07, 6.45) is 0.383. The fourth-order valence-corrected chi connectivity index (χ4v) is 3.65. The van der Waals surface area contributed by atoms with Crippen LogP contribution in [0.5, 0.6) is 5.75 Å². The predicted molar refractivity (Wildman–Crippen MR) is 111 cm³/mol. The Labute approximate surface area is 186 Å². The molecule has 1 fully saturated rings. The molecule has 1 heterocycles. The second kappa shape index (κ2) is 9.64. The Morgan fingerprint density at radius 1 is 1.03 bits per heavy atom. The van der Waals surface area contributed by atoms with Gasteiger partial charge >= 0.3 is 0 Å². The van der Waals surface area contributed by atoms with Crippen molar-refractivity contribution < 1.29 is 31.9 Å². The summed E-state index contributed by atoms with van der Waals surface area (Å²) in [5, 5.41) is 2.50. The lowest BCUT2D eigenvalue weighted by Crippen LogP contribution is -2.48. The van der Waals surface area contributed by atoms with E-state index < -0.39 is 40.5 Å². The molecule has 0 radical (unpaired) electrons. The number of carbonyl (C=O) groups excluding carboxylic acids is 2. The lowest BCUT2D eigenvalue weighted by atomic mass is 10.1. The number of hydrogen-bond donors (Lipinski definition) is 1. The first kappa shape index (κ1) is 23.6. The molecule has 3 rings (SSSR count). The van der Waals surface area contributed by atoms with Gasteiger partial charge in [-0.3, -0.25) is 9.59 Å². The van der Waals surface area contributed by atoms with Crippen molar-refractivity contribution >= 4 is 34.8 Å². The van der Waals surface area contributed by atoms with Crippen LogP contribution >= 0.6 is 11.6 Å². The van der Waals surface area contributed by atoms with Gasteiger partial charge in [-0.15, -0.1) is 0 Å². The van der Waals surface area contributed by atoms with E-state index in [0.717, 1.165) is 7.11 Å². The molecule has 0 saturated carbocycles. The predicted octanol–water partition coefficient (Wildman–Crippen LogP) is 4.22. The number of amides is 2. The standard InChI is InChI=1S/C21H20ClF4N3O3/c1-3-14(30)29-8-6-28(7-9-29)13-5-4-11(22)10-12(13)27-21(31)15-16(23)18(25)20(32-2)19(26)17(15)24/h4-5,10H,3,6-9H2,1-2H3,(H,27,31). The van der Waals surface area contributed by atoms with Crippen molar-refractivity contribution in [3.05, 3.63) is 52.1 Å². The highest BCUT2D eigenvalue weighted by Gasteiger charge is 2.31. The molecular weight excluding hydrogens is 454 g/mol. The van der Waals surface area contributed by atoms with Crippen LogP contribution in [0.2, 0.25) is 5.02 Å². The molecule has 0 bridgehead atoms. The third-order valence-electron chi connectivity index (χ3n) is 5.14. The fraction of sp³-hybridized carbons (Fsp3) is 0.333. The molecule has 1 saturated heterocycles. The number of rotatable bonds is 5. The summed E-state index contributed by atoms with van der Waals surface area (Å²) in [6.45, 7) is 3.53. The zero-order chi connectivity index (χ0) is 23.6. The van der Waals surface area contributed by atoms with E-state index in [1.807, 2.05) is 4.90 Å². The first-order chi connectivity index (χ1) is 15.2. The average Bonchev–Trinajstić information content (AvgIpc) is 2.78. The van der Waals surface area contributed by atoms with Gasteiger partial charge in [0, 0.05) is 37.6 Å². The molecule has 2 aromatic rings. The Morgan fingerprint density at radius 3 is 2.16 bits per heavy atom. The Balaban J connectivity index is 1.90. The van der Waals surface area contributed by atoms with Crippen LogP contribution in [0.4, 0.5) is 28.9 Å². The van der Waals surface area contributed by atoms with E-state index >= 15 is 0 Å². The summed E-state index contributed by atoms with van der Waals surface area (Å²) in [5.74, 6) is -10.0. The number of methoxy groups -OCH3 is 1. The van der Waals surface area contributed by atoms with E-state index in [0.29, 0.717) is 38.3 Å². The van der Waals surface area contributed by atoms with E-state index in [2.05, 4.69) is 10.1 Å². The smallest absolute Gasteiger partial charge is 0.261 e. The minimum Gasteiger partial charge on any atom is -0.491 e. The van der Waals surface area contributed by atoms with Crippen molar-refractivity contribution in [1.82, 2.24) is 4.90 Å². The van der Waals surface area contributed by atoms with E-state index in [9.17, 15) is 27.2 Å². The highest BCUT2D eigenvalue weighted by atomic mass is 35.5. The van der Waals surface area contributed by atoms with Gasteiger partial charge in [0.1, 0.15) is 5.56 Å². The number of halogens is 5. The topological polar surface area (TPSA) is 61.9 Å². The van der Waals surface area contributed by atoms with Crippen LogP contribution in [0.25, 0.3) is 0 Å². The molecule has 1 aliphatic rings. The Morgan fingerprint density at radius 2 is 1.62 bits per heavy atom. The van der Waals surface area contributed by atoms with Gasteiger partial charge in [-0.05, 0) is 18.2 Å². The van der Waals surface area contributed by atoms with Gasteiger partial charge in [0.2, 0.25) is 17.5 Å². The van der Waals surface area contributed by atoms with Gasteiger partial charge in [-0.25, -0.2) is 8.78 Å². The molecule has 11 heteroatoms. The largest absolute Gasteiger partial charge is 0.491 e. The summed E-state index contributed by atoms with van der Waals surface area (Å²) < 4.78 is 61.0. The molecule has 32 heavy (non-hydrogen) atoms. The minimum atomic E-state index is -1.88. The summed E-state index contributed by atoms with van der Waals surface area (Å²) in [7, 11) is 0.839. The van der Waals surface area contributed by atoms with Crippen molar-refractivity contribution in [2.75, 3.05) is 43.5 Å². The number of nitrogens with zero attached hydrogens (tertiary/aromatic N) is 2. The quantitative estimate of drug-likeness (QED) is 0.522. The van der Waals surface area contributed by atoms with Crippen molar-refractivity contribution in [3.8, 4) is 5.75 Å². The molecule has 0 unspecified atom stereocenters. The molecule has 1 N–H and O–H groups in total. The van der Waals surface area contributed by atoms with Crippen LogP contribution in [-0.4, -0.2) is 50.0 Å². The van der Waals surface area contributed by atoms with Gasteiger partial charge in [0.15, 0.2) is 17.4 Å². The summed E-state index contributed by atoms with van der Waals surface area (Å²) in [4.78, 5) is 28.0.